The van der Waals surface area contributed by atoms with Gasteiger partial charge in [-0.15, -0.1) is 6.58 Å². The van der Waals surface area contributed by atoms with E-state index in [1.165, 1.54) is 0 Å². The van der Waals surface area contributed by atoms with E-state index in [-0.39, 0.29) is 6.09 Å². The largest absolute Gasteiger partial charge is 0.444 e. The third-order valence-electron chi connectivity index (χ3n) is 3.80. The summed E-state index contributed by atoms with van der Waals surface area (Å²) in [4.78, 5) is 13.8. The molecule has 1 saturated heterocycles. The van der Waals surface area contributed by atoms with Crippen LogP contribution in [0.25, 0.3) is 0 Å². The first kappa shape index (κ1) is 15.1. The van der Waals surface area contributed by atoms with Crippen molar-refractivity contribution in [1.82, 2.24) is 4.90 Å². The summed E-state index contributed by atoms with van der Waals surface area (Å²) in [6.45, 7) is 13.4. The number of ether oxygens (including phenoxy) is 1. The average molecular weight is 253 g/mol. The second kappa shape index (κ2) is 5.77. The van der Waals surface area contributed by atoms with E-state index in [9.17, 15) is 4.79 Å². The minimum absolute atomic E-state index is 0.175. The second-order valence-electron chi connectivity index (χ2n) is 6.31. The van der Waals surface area contributed by atoms with E-state index in [1.807, 2.05) is 31.7 Å². The van der Waals surface area contributed by atoms with Gasteiger partial charge < -0.3 is 9.64 Å². The number of amides is 1. The zero-order valence-electron chi connectivity index (χ0n) is 12.3. The van der Waals surface area contributed by atoms with Crippen LogP contribution in [-0.2, 0) is 4.74 Å². The third-order valence-corrected chi connectivity index (χ3v) is 3.80. The van der Waals surface area contributed by atoms with Crippen LogP contribution in [0.3, 0.4) is 0 Å². The number of rotatable bonds is 3. The van der Waals surface area contributed by atoms with Crippen LogP contribution in [0.15, 0.2) is 12.7 Å². The minimum atomic E-state index is -0.405. The Kier molecular flexibility index (Phi) is 4.83. The summed E-state index contributed by atoms with van der Waals surface area (Å²) in [6.07, 6.45) is 6.13. The molecule has 1 fully saturated rings. The topological polar surface area (TPSA) is 29.5 Å². The van der Waals surface area contributed by atoms with Gasteiger partial charge in [0.25, 0.3) is 0 Å². The van der Waals surface area contributed by atoms with Crippen LogP contribution in [-0.4, -0.2) is 29.7 Å². The molecule has 0 aromatic heterocycles. The van der Waals surface area contributed by atoms with Gasteiger partial charge in [-0.25, -0.2) is 4.79 Å². The molecule has 3 heteroatoms. The van der Waals surface area contributed by atoms with Crippen molar-refractivity contribution in [1.29, 1.82) is 0 Å². The molecule has 1 amide bonds. The van der Waals surface area contributed by atoms with Crippen LogP contribution in [0.1, 0.15) is 53.4 Å². The van der Waals surface area contributed by atoms with Gasteiger partial charge in [0, 0.05) is 13.1 Å². The highest BCUT2D eigenvalue weighted by Crippen LogP contribution is 2.38. The Morgan fingerprint density at radius 1 is 1.39 bits per heavy atom. The maximum atomic E-state index is 12.0. The standard InChI is InChI=1S/C15H27NO2/c1-6-8-15(7-2)9-11-16(12-10-15)13(17)18-14(3,4)5/h6H,1,7-12H2,2-5H3. The van der Waals surface area contributed by atoms with E-state index in [0.717, 1.165) is 38.8 Å². The van der Waals surface area contributed by atoms with Crippen molar-refractivity contribution in [3.63, 3.8) is 0 Å². The number of allylic oxidation sites excluding steroid dienone is 1. The summed E-state index contributed by atoms with van der Waals surface area (Å²) < 4.78 is 5.41. The van der Waals surface area contributed by atoms with Gasteiger partial charge >= 0.3 is 6.09 Å². The molecule has 0 radical (unpaired) electrons. The molecular weight excluding hydrogens is 226 g/mol. The van der Waals surface area contributed by atoms with Crippen LogP contribution < -0.4 is 0 Å². The van der Waals surface area contributed by atoms with Gasteiger partial charge in [0.1, 0.15) is 5.60 Å². The van der Waals surface area contributed by atoms with Crippen LogP contribution in [0, 0.1) is 5.41 Å². The Labute approximate surface area is 111 Å². The van der Waals surface area contributed by atoms with Crippen molar-refractivity contribution < 1.29 is 9.53 Å². The van der Waals surface area contributed by atoms with Crippen molar-refractivity contribution >= 4 is 6.09 Å². The number of carbonyl (C=O) groups is 1. The molecule has 104 valence electrons. The van der Waals surface area contributed by atoms with Crippen molar-refractivity contribution in [3.8, 4) is 0 Å². The molecule has 18 heavy (non-hydrogen) atoms. The van der Waals surface area contributed by atoms with E-state index < -0.39 is 5.60 Å². The number of hydrogen-bond acceptors (Lipinski definition) is 2. The van der Waals surface area contributed by atoms with Gasteiger partial charge in [0.05, 0.1) is 0 Å². The number of hydrogen-bond donors (Lipinski definition) is 0. The molecule has 1 heterocycles. The van der Waals surface area contributed by atoms with E-state index >= 15 is 0 Å². The lowest BCUT2D eigenvalue weighted by Crippen LogP contribution is -2.45. The molecule has 0 unspecified atom stereocenters. The zero-order chi connectivity index (χ0) is 13.8. The molecule has 0 spiro atoms. The highest BCUT2D eigenvalue weighted by Gasteiger charge is 2.34. The van der Waals surface area contributed by atoms with Crippen LogP contribution >= 0.6 is 0 Å². The molecule has 0 aromatic rings. The molecule has 1 aliphatic rings. The fraction of sp³-hybridized carbons (Fsp3) is 0.800. The summed E-state index contributed by atoms with van der Waals surface area (Å²) in [5, 5.41) is 0. The molecule has 0 N–H and O–H groups in total. The van der Waals surface area contributed by atoms with Crippen LogP contribution in [0.2, 0.25) is 0 Å². The zero-order valence-corrected chi connectivity index (χ0v) is 12.3. The van der Waals surface area contributed by atoms with Gasteiger partial charge in [-0.3, -0.25) is 0 Å². The van der Waals surface area contributed by atoms with Gasteiger partial charge in [-0.2, -0.15) is 0 Å². The summed E-state index contributed by atoms with van der Waals surface area (Å²) in [5.41, 5.74) is -0.0578. The van der Waals surface area contributed by atoms with Crippen molar-refractivity contribution in [2.45, 2.75) is 59.0 Å². The average Bonchev–Trinajstić information content (AvgIpc) is 2.28. The molecule has 0 aliphatic carbocycles. The van der Waals surface area contributed by atoms with E-state index in [0.29, 0.717) is 5.41 Å². The molecule has 0 saturated carbocycles. The smallest absolute Gasteiger partial charge is 0.410 e. The Hall–Kier alpha value is -0.990. The van der Waals surface area contributed by atoms with Crippen LogP contribution in [0.4, 0.5) is 4.79 Å². The van der Waals surface area contributed by atoms with Gasteiger partial charge in [-0.05, 0) is 45.4 Å². The Morgan fingerprint density at radius 3 is 2.33 bits per heavy atom. The van der Waals surface area contributed by atoms with E-state index in [2.05, 4.69) is 13.5 Å². The molecule has 1 rings (SSSR count). The van der Waals surface area contributed by atoms with Crippen LogP contribution in [0.5, 0.6) is 0 Å². The monoisotopic (exact) mass is 253 g/mol. The number of nitrogens with zero attached hydrogens (tertiary/aromatic N) is 1. The first-order valence-corrected chi connectivity index (χ1v) is 6.91. The lowest BCUT2D eigenvalue weighted by Gasteiger charge is -2.41. The Morgan fingerprint density at radius 2 is 1.94 bits per heavy atom. The molecule has 3 nitrogen and oxygen atoms in total. The van der Waals surface area contributed by atoms with Gasteiger partial charge in [0.15, 0.2) is 0 Å². The normalized spacial score (nSPS) is 19.4. The summed E-state index contributed by atoms with van der Waals surface area (Å²) in [6, 6.07) is 0. The maximum Gasteiger partial charge on any atom is 0.410 e. The molecule has 0 bridgehead atoms. The predicted octanol–water partition coefficient (Wildman–Crippen LogP) is 3.99. The summed E-state index contributed by atoms with van der Waals surface area (Å²) in [7, 11) is 0. The fourth-order valence-electron chi connectivity index (χ4n) is 2.50. The Bertz CT molecular complexity index is 296. The van der Waals surface area contributed by atoms with Gasteiger partial charge in [-0.1, -0.05) is 19.4 Å². The lowest BCUT2D eigenvalue weighted by atomic mass is 9.74. The first-order valence-electron chi connectivity index (χ1n) is 6.91. The third kappa shape index (κ3) is 4.04. The molecular formula is C15H27NO2. The Balaban J connectivity index is 2.53. The predicted molar refractivity (Wildman–Crippen MR) is 74.6 cm³/mol. The molecule has 0 aromatic carbocycles. The minimum Gasteiger partial charge on any atom is -0.444 e. The molecule has 1 aliphatic heterocycles. The van der Waals surface area contributed by atoms with E-state index in [4.69, 9.17) is 4.74 Å². The van der Waals surface area contributed by atoms with Crippen molar-refractivity contribution in [2.75, 3.05) is 13.1 Å². The number of carbonyl (C=O) groups excluding carboxylic acids is 1. The highest BCUT2D eigenvalue weighted by molar-refractivity contribution is 5.68. The molecule has 0 atom stereocenters. The number of likely N-dealkylation sites (tertiary alicyclic amines) is 1. The highest BCUT2D eigenvalue weighted by atomic mass is 16.6. The van der Waals surface area contributed by atoms with Gasteiger partial charge in [0.2, 0.25) is 0 Å². The second-order valence-corrected chi connectivity index (χ2v) is 6.31. The quantitative estimate of drug-likeness (QED) is 0.712. The van der Waals surface area contributed by atoms with Crippen molar-refractivity contribution in [3.05, 3.63) is 12.7 Å². The maximum absolute atomic E-state index is 12.0. The van der Waals surface area contributed by atoms with E-state index in [1.54, 1.807) is 0 Å². The lowest BCUT2D eigenvalue weighted by molar-refractivity contribution is 0.00976. The first-order chi connectivity index (χ1) is 8.32. The fourth-order valence-corrected chi connectivity index (χ4v) is 2.50. The SMILES string of the molecule is C=CCC1(CC)CCN(C(=O)OC(C)(C)C)CC1. The number of piperidine rings is 1. The summed E-state index contributed by atoms with van der Waals surface area (Å²) in [5.74, 6) is 0. The summed E-state index contributed by atoms with van der Waals surface area (Å²) >= 11 is 0. The van der Waals surface area contributed by atoms with Crippen molar-refractivity contribution in [2.24, 2.45) is 5.41 Å².